The maximum atomic E-state index is 2.27. The summed E-state index contributed by atoms with van der Waals surface area (Å²) in [7, 11) is 0. The van der Waals surface area contributed by atoms with Crippen LogP contribution in [0.4, 0.5) is 0 Å². The predicted octanol–water partition coefficient (Wildman–Crippen LogP) is 4.73. The van der Waals surface area contributed by atoms with Gasteiger partial charge in [-0.2, -0.15) is 0 Å². The summed E-state index contributed by atoms with van der Waals surface area (Å²) < 4.78 is 0. The van der Waals surface area contributed by atoms with Crippen molar-refractivity contribution in [3.63, 3.8) is 0 Å². The fourth-order valence-electron chi connectivity index (χ4n) is 1.38. The van der Waals surface area contributed by atoms with Gasteiger partial charge in [0.2, 0.25) is 0 Å². The quantitative estimate of drug-likeness (QED) is 0.434. The van der Waals surface area contributed by atoms with E-state index in [1.54, 1.807) is 0 Å². The fourth-order valence-corrected chi connectivity index (χ4v) is 1.38. The van der Waals surface area contributed by atoms with E-state index in [4.69, 9.17) is 0 Å². The van der Waals surface area contributed by atoms with Gasteiger partial charge >= 0.3 is 0 Å². The second-order valence-electron chi connectivity index (χ2n) is 3.57. The minimum absolute atomic E-state index is 0. The van der Waals surface area contributed by atoms with Crippen LogP contribution in [0.1, 0.15) is 32.1 Å². The van der Waals surface area contributed by atoms with E-state index in [2.05, 4.69) is 48.6 Å². The summed E-state index contributed by atoms with van der Waals surface area (Å²) in [6, 6.07) is 0. The minimum atomic E-state index is 0. The van der Waals surface area contributed by atoms with E-state index in [9.17, 15) is 0 Å². The van der Waals surface area contributed by atoms with Crippen LogP contribution < -0.4 is 0 Å². The SMILES string of the molecule is C1=CC=CCC=C1.C1=C\CC/C=C\CC/1.[Fe]. The molecule has 0 amide bonds. The van der Waals surface area contributed by atoms with Crippen molar-refractivity contribution < 1.29 is 17.1 Å². The van der Waals surface area contributed by atoms with Gasteiger partial charge in [-0.25, -0.2) is 0 Å². The van der Waals surface area contributed by atoms with Gasteiger partial charge in [-0.15, -0.1) is 0 Å². The summed E-state index contributed by atoms with van der Waals surface area (Å²) in [6.45, 7) is 0. The van der Waals surface area contributed by atoms with Crippen LogP contribution >= 0.6 is 0 Å². The van der Waals surface area contributed by atoms with Crippen molar-refractivity contribution in [2.75, 3.05) is 0 Å². The Morgan fingerprint density at radius 3 is 1.19 bits per heavy atom. The van der Waals surface area contributed by atoms with E-state index in [0.717, 1.165) is 6.42 Å². The molecule has 2 aliphatic carbocycles. The molecule has 0 N–H and O–H groups in total. The van der Waals surface area contributed by atoms with Crippen molar-refractivity contribution in [3.8, 4) is 0 Å². The second kappa shape index (κ2) is 12.3. The molecule has 0 aliphatic heterocycles. The minimum Gasteiger partial charge on any atom is -0.0882 e. The van der Waals surface area contributed by atoms with Gasteiger partial charge in [-0.1, -0.05) is 60.8 Å². The smallest absolute Gasteiger partial charge is 0 e. The Morgan fingerprint density at radius 1 is 0.438 bits per heavy atom. The summed E-state index contributed by atoms with van der Waals surface area (Å²) >= 11 is 0. The summed E-state index contributed by atoms with van der Waals surface area (Å²) in [5, 5.41) is 0. The average molecular weight is 256 g/mol. The molecule has 0 radical (unpaired) electrons. The van der Waals surface area contributed by atoms with Gasteiger partial charge in [0.15, 0.2) is 0 Å². The monoisotopic (exact) mass is 256 g/mol. The molecule has 0 aromatic heterocycles. The number of rotatable bonds is 0. The third-order valence-corrected chi connectivity index (χ3v) is 2.21. The van der Waals surface area contributed by atoms with E-state index < -0.39 is 0 Å². The summed E-state index contributed by atoms with van der Waals surface area (Å²) in [6.07, 6.45) is 27.5. The molecule has 0 heterocycles. The van der Waals surface area contributed by atoms with Crippen LogP contribution in [0.25, 0.3) is 0 Å². The topological polar surface area (TPSA) is 0 Å². The van der Waals surface area contributed by atoms with Crippen molar-refractivity contribution in [2.24, 2.45) is 0 Å². The van der Waals surface area contributed by atoms with Gasteiger partial charge in [0.25, 0.3) is 0 Å². The third-order valence-electron chi connectivity index (χ3n) is 2.21. The number of allylic oxidation sites excluding steroid dienone is 10. The molecule has 0 aromatic rings. The van der Waals surface area contributed by atoms with Crippen LogP contribution in [-0.2, 0) is 17.1 Å². The first-order chi connectivity index (χ1) is 7.50. The van der Waals surface area contributed by atoms with Crippen molar-refractivity contribution >= 4 is 0 Å². The Hall–Kier alpha value is -0.781. The van der Waals surface area contributed by atoms with Crippen LogP contribution in [0.2, 0.25) is 0 Å². The van der Waals surface area contributed by atoms with Gasteiger partial charge in [-0.05, 0) is 32.1 Å². The average Bonchev–Trinajstić information content (AvgIpc) is 2.48. The summed E-state index contributed by atoms with van der Waals surface area (Å²) in [5.41, 5.74) is 0. The van der Waals surface area contributed by atoms with Gasteiger partial charge in [-0.3, -0.25) is 0 Å². The van der Waals surface area contributed by atoms with Crippen LogP contribution in [-0.4, -0.2) is 0 Å². The molecule has 16 heavy (non-hydrogen) atoms. The van der Waals surface area contributed by atoms with Gasteiger partial charge in [0, 0.05) is 17.1 Å². The van der Waals surface area contributed by atoms with Crippen LogP contribution in [0.3, 0.4) is 0 Å². The first-order valence-corrected chi connectivity index (χ1v) is 5.78. The zero-order valence-corrected chi connectivity index (χ0v) is 10.8. The summed E-state index contributed by atoms with van der Waals surface area (Å²) in [4.78, 5) is 0. The Bertz CT molecular complexity index is 240. The molecule has 2 rings (SSSR count). The molecular weight excluding hydrogens is 236 g/mol. The molecular formula is C15H20Fe. The van der Waals surface area contributed by atoms with Crippen molar-refractivity contribution in [2.45, 2.75) is 32.1 Å². The summed E-state index contributed by atoms with van der Waals surface area (Å²) in [5.74, 6) is 0. The van der Waals surface area contributed by atoms with Crippen LogP contribution in [0.15, 0.2) is 60.8 Å². The molecule has 2 aliphatic rings. The number of hydrogen-bond acceptors (Lipinski definition) is 0. The standard InChI is InChI=1S/C8H12.C7H8.Fe/c1-2-4-6-8-7-5-3-1;1-2-4-6-7-5-3-1;/h1-2,7-8H,3-6H2;1-6H,7H2;/b2-1-,8-7-;;. The normalized spacial score (nSPS) is 21.5. The maximum absolute atomic E-state index is 2.27. The van der Waals surface area contributed by atoms with Crippen LogP contribution in [0.5, 0.6) is 0 Å². The van der Waals surface area contributed by atoms with Crippen molar-refractivity contribution in [1.29, 1.82) is 0 Å². The van der Waals surface area contributed by atoms with E-state index in [1.807, 2.05) is 12.2 Å². The zero-order chi connectivity index (χ0) is 10.6. The Labute approximate surface area is 110 Å². The van der Waals surface area contributed by atoms with Gasteiger partial charge in [0.1, 0.15) is 0 Å². The zero-order valence-electron chi connectivity index (χ0n) is 9.66. The molecule has 0 nitrogen and oxygen atoms in total. The Morgan fingerprint density at radius 2 is 0.812 bits per heavy atom. The Kier molecular flexibility index (Phi) is 11.7. The molecule has 0 fully saturated rings. The first-order valence-electron chi connectivity index (χ1n) is 5.78. The maximum Gasteiger partial charge on any atom is 0 e. The third kappa shape index (κ3) is 9.76. The molecule has 0 saturated heterocycles. The van der Waals surface area contributed by atoms with Crippen molar-refractivity contribution in [3.05, 3.63) is 60.8 Å². The first kappa shape index (κ1) is 15.2. The number of hydrogen-bond donors (Lipinski definition) is 0. The second-order valence-corrected chi connectivity index (χ2v) is 3.57. The van der Waals surface area contributed by atoms with E-state index >= 15 is 0 Å². The fraction of sp³-hybridized carbons (Fsp3) is 0.333. The molecule has 0 spiro atoms. The van der Waals surface area contributed by atoms with E-state index in [1.165, 1.54) is 25.7 Å². The molecule has 0 unspecified atom stereocenters. The van der Waals surface area contributed by atoms with E-state index in [-0.39, 0.29) is 17.1 Å². The van der Waals surface area contributed by atoms with Gasteiger partial charge < -0.3 is 0 Å². The van der Waals surface area contributed by atoms with Crippen LogP contribution in [0, 0.1) is 0 Å². The van der Waals surface area contributed by atoms with Crippen molar-refractivity contribution in [1.82, 2.24) is 0 Å². The molecule has 0 atom stereocenters. The molecule has 0 saturated carbocycles. The largest absolute Gasteiger partial charge is 0.0882 e. The molecule has 0 aromatic carbocycles. The molecule has 88 valence electrons. The Balaban J connectivity index is 0.000000267. The van der Waals surface area contributed by atoms with Gasteiger partial charge in [0.05, 0.1) is 0 Å². The predicted molar refractivity (Wildman–Crippen MR) is 68.8 cm³/mol. The molecule has 0 bridgehead atoms. The molecule has 1 heteroatoms. The van der Waals surface area contributed by atoms with E-state index in [0.29, 0.717) is 0 Å².